The SMILES string of the molecule is C[CH2][Ga]([CH2]CC(C)N(C)C)[CH2]CC(C)N(C)C. The van der Waals surface area contributed by atoms with E-state index in [1.165, 1.54) is 17.8 Å². The molecular formula is C14H33GaN2. The number of hydrogen-bond donors (Lipinski definition) is 0. The molecule has 102 valence electrons. The molecule has 0 spiro atoms. The molecule has 2 atom stereocenters. The summed E-state index contributed by atoms with van der Waals surface area (Å²) in [5, 5.41) is 0. The van der Waals surface area contributed by atoms with Gasteiger partial charge in [-0.1, -0.05) is 0 Å². The predicted octanol–water partition coefficient (Wildman–Crippen LogP) is 3.18. The van der Waals surface area contributed by atoms with E-state index in [9.17, 15) is 0 Å². The van der Waals surface area contributed by atoms with E-state index in [4.69, 9.17) is 0 Å². The minimum absolute atomic E-state index is 0.765. The summed E-state index contributed by atoms with van der Waals surface area (Å²) in [5.41, 5.74) is 0. The Morgan fingerprint density at radius 3 is 1.41 bits per heavy atom. The van der Waals surface area contributed by atoms with Crippen molar-refractivity contribution in [1.82, 2.24) is 9.80 Å². The molecule has 0 aliphatic rings. The third-order valence-electron chi connectivity index (χ3n) is 4.33. The maximum absolute atomic E-state index is 2.42. The summed E-state index contributed by atoms with van der Waals surface area (Å²) in [6.07, 6.45) is 2.84. The average molecular weight is 299 g/mol. The van der Waals surface area contributed by atoms with E-state index >= 15 is 0 Å². The second kappa shape index (κ2) is 9.48. The molecule has 0 radical (unpaired) electrons. The van der Waals surface area contributed by atoms with Crippen LogP contribution >= 0.6 is 0 Å². The zero-order chi connectivity index (χ0) is 13.4. The average Bonchev–Trinajstić information content (AvgIpc) is 2.28. The summed E-state index contributed by atoms with van der Waals surface area (Å²) in [6, 6.07) is 1.53. The van der Waals surface area contributed by atoms with Crippen LogP contribution in [0.1, 0.15) is 33.6 Å². The Kier molecular flexibility index (Phi) is 9.79. The Morgan fingerprint density at radius 1 is 0.824 bits per heavy atom. The van der Waals surface area contributed by atoms with Crippen LogP contribution in [0.25, 0.3) is 0 Å². The molecule has 0 aliphatic heterocycles. The van der Waals surface area contributed by atoms with Crippen molar-refractivity contribution in [2.75, 3.05) is 28.2 Å². The first-order valence-corrected chi connectivity index (χ1v) is 12.3. The molecule has 0 fully saturated rings. The Balaban J connectivity index is 3.84. The van der Waals surface area contributed by atoms with Crippen LogP contribution in [0, 0.1) is 0 Å². The van der Waals surface area contributed by atoms with E-state index in [1.54, 1.807) is 9.95 Å². The van der Waals surface area contributed by atoms with Gasteiger partial charge in [-0.15, -0.1) is 0 Å². The summed E-state index contributed by atoms with van der Waals surface area (Å²) in [6.45, 7) is 7.14. The molecule has 0 saturated carbocycles. The molecule has 3 heteroatoms. The molecule has 0 bridgehead atoms. The number of hydrogen-bond acceptors (Lipinski definition) is 2. The fourth-order valence-corrected chi connectivity index (χ4v) is 8.34. The van der Waals surface area contributed by atoms with Gasteiger partial charge in [0.25, 0.3) is 0 Å². The van der Waals surface area contributed by atoms with Gasteiger partial charge >= 0.3 is 115 Å². The zero-order valence-corrected chi connectivity index (χ0v) is 15.6. The van der Waals surface area contributed by atoms with E-state index < -0.39 is 16.2 Å². The fourth-order valence-electron chi connectivity index (χ4n) is 2.02. The van der Waals surface area contributed by atoms with Gasteiger partial charge in [0.05, 0.1) is 0 Å². The molecule has 2 nitrogen and oxygen atoms in total. The molecule has 0 amide bonds. The van der Waals surface area contributed by atoms with E-state index in [0.717, 1.165) is 12.1 Å². The van der Waals surface area contributed by atoms with Gasteiger partial charge in [0.15, 0.2) is 0 Å². The Morgan fingerprint density at radius 2 is 1.18 bits per heavy atom. The van der Waals surface area contributed by atoms with Crippen LogP contribution < -0.4 is 0 Å². The van der Waals surface area contributed by atoms with Crippen LogP contribution in [0.5, 0.6) is 0 Å². The number of rotatable bonds is 9. The van der Waals surface area contributed by atoms with Crippen molar-refractivity contribution in [2.24, 2.45) is 0 Å². The summed E-state index contributed by atoms with van der Waals surface area (Å²) < 4.78 is 0. The Hall–Kier alpha value is 0.556. The van der Waals surface area contributed by atoms with Gasteiger partial charge in [0, 0.05) is 0 Å². The summed E-state index contributed by atoms with van der Waals surface area (Å²) in [4.78, 5) is 9.38. The van der Waals surface area contributed by atoms with E-state index in [0.29, 0.717) is 0 Å². The van der Waals surface area contributed by atoms with E-state index in [2.05, 4.69) is 58.8 Å². The van der Waals surface area contributed by atoms with Crippen LogP contribution in [-0.4, -0.2) is 66.3 Å². The Labute approximate surface area is 115 Å². The monoisotopic (exact) mass is 298 g/mol. The van der Waals surface area contributed by atoms with Crippen LogP contribution in [0.3, 0.4) is 0 Å². The third kappa shape index (κ3) is 8.30. The van der Waals surface area contributed by atoms with Crippen molar-refractivity contribution in [3.8, 4) is 0 Å². The molecule has 0 aromatic rings. The maximum atomic E-state index is 2.42. The molecule has 0 aromatic carbocycles. The molecule has 0 heterocycles. The first-order chi connectivity index (χ1) is 7.88. The molecule has 17 heavy (non-hydrogen) atoms. The van der Waals surface area contributed by atoms with Crippen LogP contribution in [0.15, 0.2) is 0 Å². The first kappa shape index (κ1) is 17.6. The van der Waals surface area contributed by atoms with Gasteiger partial charge in [0.1, 0.15) is 0 Å². The van der Waals surface area contributed by atoms with Crippen molar-refractivity contribution >= 4 is 16.2 Å². The number of nitrogens with zero attached hydrogens (tertiary/aromatic N) is 2. The van der Waals surface area contributed by atoms with Gasteiger partial charge in [-0.3, -0.25) is 0 Å². The van der Waals surface area contributed by atoms with Gasteiger partial charge < -0.3 is 0 Å². The minimum atomic E-state index is -0.943. The fraction of sp³-hybridized carbons (Fsp3) is 1.00. The molecule has 0 rings (SSSR count). The molecule has 2 unspecified atom stereocenters. The Bertz CT molecular complexity index is 165. The van der Waals surface area contributed by atoms with Crippen molar-refractivity contribution in [3.63, 3.8) is 0 Å². The molecule has 0 N–H and O–H groups in total. The summed E-state index contributed by atoms with van der Waals surface area (Å²) in [5.74, 6) is 0. The molecular weight excluding hydrogens is 266 g/mol. The predicted molar refractivity (Wildman–Crippen MR) is 81.4 cm³/mol. The van der Waals surface area contributed by atoms with Gasteiger partial charge in [-0.25, -0.2) is 0 Å². The van der Waals surface area contributed by atoms with Crippen molar-refractivity contribution in [1.29, 1.82) is 0 Å². The van der Waals surface area contributed by atoms with Gasteiger partial charge in [-0.05, 0) is 0 Å². The van der Waals surface area contributed by atoms with Crippen molar-refractivity contribution < 1.29 is 0 Å². The second-order valence-corrected chi connectivity index (χ2v) is 13.8. The molecule has 0 aliphatic carbocycles. The van der Waals surface area contributed by atoms with Gasteiger partial charge in [0.2, 0.25) is 0 Å². The van der Waals surface area contributed by atoms with Crippen LogP contribution in [-0.2, 0) is 0 Å². The van der Waals surface area contributed by atoms with Crippen molar-refractivity contribution in [3.05, 3.63) is 0 Å². The normalized spacial score (nSPS) is 15.4. The van der Waals surface area contributed by atoms with Crippen LogP contribution in [0.4, 0.5) is 0 Å². The molecule has 0 aromatic heterocycles. The topological polar surface area (TPSA) is 6.48 Å². The van der Waals surface area contributed by atoms with Crippen LogP contribution in [0.2, 0.25) is 14.9 Å². The standard InChI is InChI=1S/2C6H14N.C2H5.Ga/c2*1-5-6(2)7(3)4;1-2;/h2*6H,1,5H2,2-4H3;1H2,2H3;. The van der Waals surface area contributed by atoms with E-state index in [1.807, 2.05) is 0 Å². The third-order valence-corrected chi connectivity index (χ3v) is 11.6. The van der Waals surface area contributed by atoms with E-state index in [-0.39, 0.29) is 0 Å². The van der Waals surface area contributed by atoms with Gasteiger partial charge in [-0.2, -0.15) is 0 Å². The quantitative estimate of drug-likeness (QED) is 0.603. The summed E-state index contributed by atoms with van der Waals surface area (Å²) >= 11 is -0.943. The zero-order valence-electron chi connectivity index (χ0n) is 13.2. The summed E-state index contributed by atoms with van der Waals surface area (Å²) in [7, 11) is 8.80. The first-order valence-electron chi connectivity index (χ1n) is 7.21. The second-order valence-electron chi connectivity index (χ2n) is 6.05. The molecule has 0 saturated heterocycles. The van der Waals surface area contributed by atoms with Crippen molar-refractivity contribution in [2.45, 2.75) is 60.6 Å².